The number of anilines is 1. The van der Waals surface area contributed by atoms with Crippen LogP contribution in [0.15, 0.2) is 0 Å². The third-order valence-corrected chi connectivity index (χ3v) is 3.66. The van der Waals surface area contributed by atoms with E-state index in [9.17, 15) is 0 Å². The van der Waals surface area contributed by atoms with Crippen LogP contribution >= 0.6 is 0 Å². The highest BCUT2D eigenvalue weighted by atomic mass is 16.5. The Labute approximate surface area is 110 Å². The Morgan fingerprint density at radius 2 is 2.06 bits per heavy atom. The number of nitrogen functional groups attached to an aromatic ring is 1. The first-order valence-corrected chi connectivity index (χ1v) is 6.77. The zero-order chi connectivity index (χ0) is 13.5. The van der Waals surface area contributed by atoms with Gasteiger partial charge >= 0.3 is 0 Å². The van der Waals surface area contributed by atoms with Crippen LogP contribution in [0.25, 0.3) is 0 Å². The molecule has 1 fully saturated rings. The van der Waals surface area contributed by atoms with Crippen molar-refractivity contribution in [1.29, 1.82) is 0 Å². The molecule has 0 radical (unpaired) electrons. The minimum absolute atomic E-state index is 0.217. The normalized spacial score (nSPS) is 16.6. The van der Waals surface area contributed by atoms with Crippen molar-refractivity contribution in [1.82, 2.24) is 9.55 Å². The molecule has 0 aliphatic heterocycles. The van der Waals surface area contributed by atoms with Crippen molar-refractivity contribution in [3.63, 3.8) is 0 Å². The molecule has 1 aromatic rings. The molecule has 4 heteroatoms. The van der Waals surface area contributed by atoms with E-state index in [2.05, 4.69) is 32.3 Å². The van der Waals surface area contributed by atoms with E-state index in [1.165, 1.54) is 18.7 Å². The smallest absolute Gasteiger partial charge is 0.127 e. The lowest BCUT2D eigenvalue weighted by molar-refractivity contribution is 0.0226. The van der Waals surface area contributed by atoms with E-state index in [0.29, 0.717) is 12.0 Å². The van der Waals surface area contributed by atoms with Gasteiger partial charge in [0.2, 0.25) is 0 Å². The van der Waals surface area contributed by atoms with Gasteiger partial charge in [-0.25, -0.2) is 4.98 Å². The summed E-state index contributed by atoms with van der Waals surface area (Å²) >= 11 is 0. The lowest BCUT2D eigenvalue weighted by Crippen LogP contribution is -2.26. The molecule has 0 saturated heterocycles. The van der Waals surface area contributed by atoms with Crippen molar-refractivity contribution in [2.24, 2.45) is 0 Å². The average molecular weight is 251 g/mol. The van der Waals surface area contributed by atoms with E-state index in [4.69, 9.17) is 15.5 Å². The SMILES string of the molecule is COC(C)(C)Cc1nc(C2CC2)n(C(C)C)c1N. The molecule has 1 aromatic heterocycles. The van der Waals surface area contributed by atoms with Crippen LogP contribution in [0.3, 0.4) is 0 Å². The van der Waals surface area contributed by atoms with Gasteiger partial charge in [0.25, 0.3) is 0 Å². The van der Waals surface area contributed by atoms with Crippen molar-refractivity contribution < 1.29 is 4.74 Å². The van der Waals surface area contributed by atoms with Gasteiger partial charge in [0, 0.05) is 25.5 Å². The molecule has 4 nitrogen and oxygen atoms in total. The molecular weight excluding hydrogens is 226 g/mol. The number of nitrogens with zero attached hydrogens (tertiary/aromatic N) is 2. The van der Waals surface area contributed by atoms with Crippen molar-refractivity contribution >= 4 is 5.82 Å². The molecule has 2 rings (SSSR count). The molecule has 0 spiro atoms. The Hall–Kier alpha value is -1.03. The Bertz CT molecular complexity index is 430. The van der Waals surface area contributed by atoms with Gasteiger partial charge in [-0.2, -0.15) is 0 Å². The molecule has 1 aliphatic carbocycles. The zero-order valence-corrected chi connectivity index (χ0v) is 12.2. The average Bonchev–Trinajstić information content (AvgIpc) is 3.06. The lowest BCUT2D eigenvalue weighted by atomic mass is 10.0. The van der Waals surface area contributed by atoms with E-state index < -0.39 is 0 Å². The van der Waals surface area contributed by atoms with Crippen molar-refractivity contribution in [3.05, 3.63) is 11.5 Å². The summed E-state index contributed by atoms with van der Waals surface area (Å²) in [5.74, 6) is 2.61. The summed E-state index contributed by atoms with van der Waals surface area (Å²) in [5.41, 5.74) is 7.04. The highest BCUT2D eigenvalue weighted by molar-refractivity contribution is 5.41. The molecule has 0 atom stereocenters. The largest absolute Gasteiger partial charge is 0.384 e. The standard InChI is InChI=1S/C14H25N3O/c1-9(2)17-12(15)11(8-14(3,4)18-5)16-13(17)10-6-7-10/h9-10H,6-8,15H2,1-5H3. The summed E-state index contributed by atoms with van der Waals surface area (Å²) in [5, 5.41) is 0. The number of imidazole rings is 1. The summed E-state index contributed by atoms with van der Waals surface area (Å²) in [6.07, 6.45) is 3.25. The molecular formula is C14H25N3O. The number of aromatic nitrogens is 2. The maximum absolute atomic E-state index is 6.28. The number of hydrogen-bond acceptors (Lipinski definition) is 3. The highest BCUT2D eigenvalue weighted by Gasteiger charge is 2.32. The predicted molar refractivity (Wildman–Crippen MR) is 73.8 cm³/mol. The number of rotatable bonds is 5. The molecule has 0 bridgehead atoms. The second kappa shape index (κ2) is 4.57. The quantitative estimate of drug-likeness (QED) is 0.875. The lowest BCUT2D eigenvalue weighted by Gasteiger charge is -2.22. The van der Waals surface area contributed by atoms with E-state index in [1.54, 1.807) is 7.11 Å². The Balaban J connectivity index is 2.34. The summed E-state index contributed by atoms with van der Waals surface area (Å²) in [7, 11) is 1.73. The number of ether oxygens (including phenoxy) is 1. The molecule has 2 N–H and O–H groups in total. The predicted octanol–water partition coefficient (Wildman–Crippen LogP) is 2.89. The van der Waals surface area contributed by atoms with Gasteiger partial charge in [-0.05, 0) is 40.5 Å². The van der Waals surface area contributed by atoms with Crippen LogP contribution in [0.1, 0.15) is 64.0 Å². The van der Waals surface area contributed by atoms with E-state index in [-0.39, 0.29) is 5.60 Å². The molecule has 102 valence electrons. The van der Waals surface area contributed by atoms with Crippen LogP contribution in [0, 0.1) is 0 Å². The molecule has 1 saturated carbocycles. The maximum atomic E-state index is 6.28. The Morgan fingerprint density at radius 1 is 1.44 bits per heavy atom. The van der Waals surface area contributed by atoms with Gasteiger partial charge in [-0.1, -0.05) is 0 Å². The van der Waals surface area contributed by atoms with Gasteiger partial charge in [0.1, 0.15) is 11.6 Å². The van der Waals surface area contributed by atoms with Gasteiger partial charge in [-0.15, -0.1) is 0 Å². The third kappa shape index (κ3) is 2.53. The fourth-order valence-electron chi connectivity index (χ4n) is 2.29. The highest BCUT2D eigenvalue weighted by Crippen LogP contribution is 2.42. The first-order valence-electron chi connectivity index (χ1n) is 6.77. The van der Waals surface area contributed by atoms with Gasteiger partial charge in [-0.3, -0.25) is 0 Å². The summed E-state index contributed by atoms with van der Waals surface area (Å²) in [6.45, 7) is 8.46. The number of hydrogen-bond donors (Lipinski definition) is 1. The maximum Gasteiger partial charge on any atom is 0.127 e. The second-order valence-corrected chi connectivity index (χ2v) is 6.18. The van der Waals surface area contributed by atoms with Gasteiger partial charge in [0.05, 0.1) is 11.3 Å². The number of nitrogens with two attached hydrogens (primary N) is 1. The molecule has 1 heterocycles. The van der Waals surface area contributed by atoms with Gasteiger partial charge < -0.3 is 15.0 Å². The fourth-order valence-corrected chi connectivity index (χ4v) is 2.29. The molecule has 0 amide bonds. The van der Waals surface area contributed by atoms with Crippen LogP contribution in [0.5, 0.6) is 0 Å². The first kappa shape index (κ1) is 13.4. The Kier molecular flexibility index (Phi) is 3.41. The van der Waals surface area contributed by atoms with Gasteiger partial charge in [0.15, 0.2) is 0 Å². The summed E-state index contributed by atoms with van der Waals surface area (Å²) < 4.78 is 7.67. The van der Waals surface area contributed by atoms with Crippen LogP contribution in [-0.2, 0) is 11.2 Å². The third-order valence-electron chi connectivity index (χ3n) is 3.66. The topological polar surface area (TPSA) is 53.1 Å². The minimum atomic E-state index is -0.217. The van der Waals surface area contributed by atoms with E-state index in [0.717, 1.165) is 17.9 Å². The van der Waals surface area contributed by atoms with Crippen LogP contribution < -0.4 is 5.73 Å². The fraction of sp³-hybridized carbons (Fsp3) is 0.786. The van der Waals surface area contributed by atoms with Crippen molar-refractivity contribution in [3.8, 4) is 0 Å². The van der Waals surface area contributed by atoms with E-state index in [1.807, 2.05) is 0 Å². The Morgan fingerprint density at radius 3 is 2.50 bits per heavy atom. The number of methoxy groups -OCH3 is 1. The van der Waals surface area contributed by atoms with E-state index >= 15 is 0 Å². The summed E-state index contributed by atoms with van der Waals surface area (Å²) in [6, 6.07) is 0.368. The molecule has 0 unspecified atom stereocenters. The van der Waals surface area contributed by atoms with Crippen LogP contribution in [0.2, 0.25) is 0 Å². The first-order chi connectivity index (χ1) is 8.35. The molecule has 1 aliphatic rings. The molecule has 0 aromatic carbocycles. The van der Waals surface area contributed by atoms with Crippen LogP contribution in [0.4, 0.5) is 5.82 Å². The monoisotopic (exact) mass is 251 g/mol. The van der Waals surface area contributed by atoms with Crippen molar-refractivity contribution in [2.45, 2.75) is 64.5 Å². The molecule has 18 heavy (non-hydrogen) atoms. The minimum Gasteiger partial charge on any atom is -0.384 e. The second-order valence-electron chi connectivity index (χ2n) is 6.18. The zero-order valence-electron chi connectivity index (χ0n) is 12.2. The van der Waals surface area contributed by atoms with Crippen LogP contribution in [-0.4, -0.2) is 22.3 Å². The van der Waals surface area contributed by atoms with Crippen molar-refractivity contribution in [2.75, 3.05) is 12.8 Å². The summed E-state index contributed by atoms with van der Waals surface area (Å²) in [4.78, 5) is 4.78.